The molecule has 1 aliphatic heterocycles. The molecule has 1 unspecified atom stereocenters. The van der Waals surface area contributed by atoms with E-state index >= 15 is 0 Å². The van der Waals surface area contributed by atoms with Crippen LogP contribution >= 0.6 is 0 Å². The van der Waals surface area contributed by atoms with E-state index < -0.39 is 14.8 Å². The van der Waals surface area contributed by atoms with E-state index in [4.69, 9.17) is 0 Å². The highest BCUT2D eigenvalue weighted by atomic mass is 32.2. The molecule has 26 heavy (non-hydrogen) atoms. The van der Waals surface area contributed by atoms with Gasteiger partial charge in [0.25, 0.3) is 0 Å². The summed E-state index contributed by atoms with van der Waals surface area (Å²) in [5, 5.41) is 15.7. The van der Waals surface area contributed by atoms with Gasteiger partial charge in [-0.2, -0.15) is 5.10 Å². The lowest BCUT2D eigenvalue weighted by Gasteiger charge is -2.19. The fourth-order valence-electron chi connectivity index (χ4n) is 3.54. The molecule has 1 aliphatic rings. The van der Waals surface area contributed by atoms with Crippen molar-refractivity contribution in [1.29, 1.82) is 0 Å². The summed E-state index contributed by atoms with van der Waals surface area (Å²) in [6.45, 7) is 4.19. The van der Waals surface area contributed by atoms with E-state index in [9.17, 15) is 18.5 Å². The molecule has 0 bridgehead atoms. The molecular weight excluding hydrogens is 360 g/mol. The summed E-state index contributed by atoms with van der Waals surface area (Å²) >= 11 is 0. The van der Waals surface area contributed by atoms with Gasteiger partial charge in [-0.15, -0.1) is 0 Å². The van der Waals surface area contributed by atoms with E-state index in [1.54, 1.807) is 28.2 Å². The quantitative estimate of drug-likeness (QED) is 0.562. The first-order chi connectivity index (χ1) is 12.1. The highest BCUT2D eigenvalue weighted by Crippen LogP contribution is 2.30. The Morgan fingerprint density at radius 2 is 2.12 bits per heavy atom. The molecule has 0 saturated carbocycles. The Morgan fingerprint density at radius 3 is 2.69 bits per heavy atom. The number of anilines is 1. The highest BCUT2D eigenvalue weighted by molar-refractivity contribution is 7.91. The molecule has 1 atom stereocenters. The number of sulfone groups is 1. The van der Waals surface area contributed by atoms with Crippen LogP contribution in [0.3, 0.4) is 0 Å². The molecule has 0 aromatic carbocycles. The molecule has 0 N–H and O–H groups in total. The van der Waals surface area contributed by atoms with Crippen LogP contribution in [0.25, 0.3) is 0 Å². The van der Waals surface area contributed by atoms with Crippen LogP contribution in [0.2, 0.25) is 0 Å². The fourth-order valence-corrected chi connectivity index (χ4v) is 5.23. The molecule has 0 spiro atoms. The van der Waals surface area contributed by atoms with Crippen LogP contribution in [-0.4, -0.2) is 51.2 Å². The highest BCUT2D eigenvalue weighted by Gasteiger charge is 2.32. The Labute approximate surface area is 151 Å². The number of nitrogens with zero attached hydrogens (tertiary/aromatic N) is 6. The zero-order chi connectivity index (χ0) is 19.2. The number of nitro groups is 1. The van der Waals surface area contributed by atoms with Crippen LogP contribution in [-0.2, 0) is 23.4 Å². The molecule has 10 nitrogen and oxygen atoms in total. The van der Waals surface area contributed by atoms with E-state index in [1.807, 2.05) is 13.8 Å². The molecule has 2 aromatic rings. The lowest BCUT2D eigenvalue weighted by Crippen LogP contribution is -2.21. The van der Waals surface area contributed by atoms with Crippen LogP contribution in [0.5, 0.6) is 0 Å². The van der Waals surface area contributed by atoms with Crippen LogP contribution < -0.4 is 4.90 Å². The maximum absolute atomic E-state index is 11.8. The van der Waals surface area contributed by atoms with Gasteiger partial charge in [-0.3, -0.25) is 9.25 Å². The Balaban J connectivity index is 1.90. The van der Waals surface area contributed by atoms with Crippen molar-refractivity contribution in [2.24, 2.45) is 7.05 Å². The maximum atomic E-state index is 11.8. The predicted molar refractivity (Wildman–Crippen MR) is 96.0 cm³/mol. The third-order valence-electron chi connectivity index (χ3n) is 4.85. The first-order valence-corrected chi connectivity index (χ1v) is 10.0. The van der Waals surface area contributed by atoms with Crippen LogP contribution in [0, 0.1) is 24.0 Å². The smallest absolute Gasteiger partial charge is 0.358 e. The van der Waals surface area contributed by atoms with Crippen molar-refractivity contribution in [3.8, 4) is 0 Å². The number of aromatic nitrogens is 4. The average Bonchev–Trinajstić information content (AvgIpc) is 3.18. The van der Waals surface area contributed by atoms with Crippen LogP contribution in [0.4, 0.5) is 11.6 Å². The third kappa shape index (κ3) is 3.18. The van der Waals surface area contributed by atoms with Crippen molar-refractivity contribution < 1.29 is 13.3 Å². The molecule has 1 saturated heterocycles. The summed E-state index contributed by atoms with van der Waals surface area (Å²) in [6.07, 6.45) is 1.98. The zero-order valence-electron chi connectivity index (χ0n) is 15.2. The minimum atomic E-state index is -3.00. The molecule has 0 aliphatic carbocycles. The number of hydrogen-bond donors (Lipinski definition) is 0. The molecular formula is C15H22N6O4S. The number of imidazole rings is 1. The number of aryl methyl sites for hydroxylation is 2. The first kappa shape index (κ1) is 18.4. The summed E-state index contributed by atoms with van der Waals surface area (Å²) in [4.78, 5) is 16.3. The second kappa shape index (κ2) is 6.38. The lowest BCUT2D eigenvalue weighted by atomic mass is 10.1. The van der Waals surface area contributed by atoms with Crippen molar-refractivity contribution >= 4 is 21.5 Å². The molecule has 142 valence electrons. The Hall–Kier alpha value is -2.43. The van der Waals surface area contributed by atoms with E-state index in [-0.39, 0.29) is 23.4 Å². The van der Waals surface area contributed by atoms with Crippen molar-refractivity contribution in [2.75, 3.05) is 23.5 Å². The molecule has 0 radical (unpaired) electrons. The molecule has 0 amide bonds. The van der Waals surface area contributed by atoms with Gasteiger partial charge in [0.1, 0.15) is 0 Å². The van der Waals surface area contributed by atoms with Gasteiger partial charge in [0, 0.05) is 31.9 Å². The normalized spacial score (nSPS) is 19.0. The minimum absolute atomic E-state index is 0.109. The predicted octanol–water partition coefficient (Wildman–Crippen LogP) is 1.14. The number of rotatable bonds is 5. The van der Waals surface area contributed by atoms with Gasteiger partial charge < -0.3 is 15.0 Å². The second-order valence-corrected chi connectivity index (χ2v) is 9.00. The minimum Gasteiger partial charge on any atom is -0.358 e. The molecule has 2 aromatic heterocycles. The standard InChI is InChI=1S/C15H22N6O4S/c1-10-13(7-18(3)15-14(21(22)23)16-9-19(15)4)11(2)20(17-10)12-5-6-26(24,25)8-12/h9,12H,5-8H2,1-4H3. The van der Waals surface area contributed by atoms with E-state index in [2.05, 4.69) is 10.1 Å². The van der Waals surface area contributed by atoms with Crippen molar-refractivity contribution in [3.63, 3.8) is 0 Å². The summed E-state index contributed by atoms with van der Waals surface area (Å²) < 4.78 is 26.9. The third-order valence-corrected chi connectivity index (χ3v) is 6.60. The number of hydrogen-bond acceptors (Lipinski definition) is 7. The monoisotopic (exact) mass is 382 g/mol. The largest absolute Gasteiger partial charge is 0.406 e. The Bertz CT molecular complexity index is 961. The van der Waals surface area contributed by atoms with Crippen molar-refractivity contribution in [2.45, 2.75) is 32.9 Å². The van der Waals surface area contributed by atoms with Crippen LogP contribution in [0.15, 0.2) is 6.33 Å². The van der Waals surface area contributed by atoms with Gasteiger partial charge in [-0.25, -0.2) is 8.42 Å². The van der Waals surface area contributed by atoms with E-state index in [0.717, 1.165) is 17.0 Å². The van der Waals surface area contributed by atoms with Crippen molar-refractivity contribution in [1.82, 2.24) is 19.3 Å². The van der Waals surface area contributed by atoms with E-state index in [1.165, 1.54) is 6.33 Å². The topological polar surface area (TPSA) is 116 Å². The lowest BCUT2D eigenvalue weighted by molar-refractivity contribution is -0.388. The van der Waals surface area contributed by atoms with Gasteiger partial charge in [-0.1, -0.05) is 0 Å². The summed E-state index contributed by atoms with van der Waals surface area (Å²) in [5.41, 5.74) is 2.62. The van der Waals surface area contributed by atoms with Gasteiger partial charge in [0.2, 0.25) is 12.1 Å². The Morgan fingerprint density at radius 1 is 1.42 bits per heavy atom. The second-order valence-electron chi connectivity index (χ2n) is 6.77. The molecule has 1 fully saturated rings. The molecule has 11 heteroatoms. The Kier molecular flexibility index (Phi) is 4.51. The van der Waals surface area contributed by atoms with Gasteiger partial charge in [0.15, 0.2) is 9.84 Å². The SMILES string of the molecule is Cc1nn(C2CCS(=O)(=O)C2)c(C)c1CN(C)c1c([N+](=O)[O-])ncn1C. The van der Waals surface area contributed by atoms with E-state index in [0.29, 0.717) is 18.8 Å². The van der Waals surface area contributed by atoms with Gasteiger partial charge in [-0.05, 0) is 30.2 Å². The van der Waals surface area contributed by atoms with Gasteiger partial charge >= 0.3 is 5.82 Å². The fraction of sp³-hybridized carbons (Fsp3) is 0.600. The zero-order valence-corrected chi connectivity index (χ0v) is 16.0. The first-order valence-electron chi connectivity index (χ1n) is 8.22. The average molecular weight is 382 g/mol. The summed E-state index contributed by atoms with van der Waals surface area (Å²) in [6, 6.07) is -0.149. The molecule has 3 heterocycles. The molecule has 3 rings (SSSR count). The van der Waals surface area contributed by atoms with Crippen molar-refractivity contribution in [3.05, 3.63) is 33.4 Å². The maximum Gasteiger partial charge on any atom is 0.406 e. The van der Waals surface area contributed by atoms with Crippen LogP contribution in [0.1, 0.15) is 29.4 Å². The van der Waals surface area contributed by atoms with Gasteiger partial charge in [0.05, 0.1) is 23.2 Å². The summed E-state index contributed by atoms with van der Waals surface area (Å²) in [5.74, 6) is 0.508. The summed E-state index contributed by atoms with van der Waals surface area (Å²) in [7, 11) is 0.470.